The predicted octanol–water partition coefficient (Wildman–Crippen LogP) is 9.21. The van der Waals surface area contributed by atoms with E-state index in [9.17, 15) is 14.4 Å². The van der Waals surface area contributed by atoms with Crippen molar-refractivity contribution in [2.75, 3.05) is 0 Å². The molecule has 0 aromatic rings. The van der Waals surface area contributed by atoms with E-state index in [1.165, 1.54) is 0 Å². The maximum Gasteiger partial charge on any atom is 0.155 e. The minimum absolute atomic E-state index is 0.144. The van der Waals surface area contributed by atoms with Crippen LogP contribution in [0.2, 0.25) is 0 Å². The number of ketones is 3. The fourth-order valence-electron chi connectivity index (χ4n) is 6.24. The first-order chi connectivity index (χ1) is 16.7. The molecule has 0 rings (SSSR count). The minimum Gasteiger partial charge on any atom is -0.298 e. The topological polar surface area (TPSA) is 54.5 Å². The summed E-state index contributed by atoms with van der Waals surface area (Å²) >= 11 is 2.23. The van der Waals surface area contributed by atoms with Crippen LogP contribution in [0.4, 0.5) is 0 Å². The van der Waals surface area contributed by atoms with Gasteiger partial charge in [0, 0.05) is 33.2 Å². The van der Waals surface area contributed by atoms with Crippen LogP contribution >= 0.6 is 22.6 Å². The monoisotopic (exact) mass is 661 g/mol. The fourth-order valence-corrected chi connectivity index (χ4v) is 6.71. The smallest absolute Gasteiger partial charge is 0.155 e. The van der Waals surface area contributed by atoms with Crippen molar-refractivity contribution in [3.8, 4) is 0 Å². The van der Waals surface area contributed by atoms with Crippen LogP contribution in [0.1, 0.15) is 138 Å². The lowest BCUT2D eigenvalue weighted by Gasteiger charge is -2.63. The molecular formula is C34H64INO3. The van der Waals surface area contributed by atoms with Crippen LogP contribution in [0.5, 0.6) is 0 Å². The first-order valence-corrected chi connectivity index (χ1v) is 15.9. The molecule has 0 aromatic carbocycles. The summed E-state index contributed by atoms with van der Waals surface area (Å²) in [7, 11) is 0. The number of hydrogen-bond donors (Lipinski definition) is 0. The lowest BCUT2D eigenvalue weighted by atomic mass is 9.58. The third kappa shape index (κ3) is 7.76. The number of Topliss-reactive ketones (excluding diaryl/α,β-unsaturated/α-hetero) is 3. The van der Waals surface area contributed by atoms with Gasteiger partial charge in [-0.05, 0) is 58.8 Å². The molecule has 0 aromatic heterocycles. The van der Waals surface area contributed by atoms with E-state index in [-0.39, 0.29) is 29.2 Å². The highest BCUT2D eigenvalue weighted by Gasteiger charge is 2.61. The number of hydrogen-bond acceptors (Lipinski definition) is 4. The molecule has 3 atom stereocenters. The number of carbonyl (C=O) groups excluding carboxylic acids is 3. The van der Waals surface area contributed by atoms with E-state index >= 15 is 0 Å². The van der Waals surface area contributed by atoms with Gasteiger partial charge >= 0.3 is 0 Å². The second kappa shape index (κ2) is 11.8. The molecule has 39 heavy (non-hydrogen) atoms. The molecule has 0 saturated carbocycles. The Morgan fingerprint density at radius 3 is 1.28 bits per heavy atom. The van der Waals surface area contributed by atoms with E-state index < -0.39 is 42.2 Å². The van der Waals surface area contributed by atoms with Gasteiger partial charge in [0.1, 0.15) is 5.78 Å². The van der Waals surface area contributed by atoms with Gasteiger partial charge in [-0.2, -0.15) is 0 Å². The van der Waals surface area contributed by atoms with Crippen LogP contribution in [0.15, 0.2) is 0 Å². The molecule has 0 fully saturated rings. The zero-order chi connectivity index (χ0) is 32.1. The Bertz CT molecular complexity index is 904. The van der Waals surface area contributed by atoms with E-state index in [1.807, 2.05) is 76.2 Å². The van der Waals surface area contributed by atoms with E-state index in [1.54, 1.807) is 0 Å². The van der Waals surface area contributed by atoms with E-state index in [4.69, 9.17) is 0 Å². The third-order valence-electron chi connectivity index (χ3n) is 10.2. The van der Waals surface area contributed by atoms with Crippen LogP contribution in [0.3, 0.4) is 0 Å². The highest BCUT2D eigenvalue weighted by atomic mass is 127. The Morgan fingerprint density at radius 2 is 1.00 bits per heavy atom. The van der Waals surface area contributed by atoms with E-state index in [0.717, 1.165) is 0 Å². The second-order valence-corrected chi connectivity index (χ2v) is 19.9. The number of rotatable bonds is 12. The standard InChI is InChI=1S/C34H64INO3/c1-21(2)22(3)30(11,12)24(26(38)28(5,6)7)36(33(17,18)23(4)25(37)32(15,16)35)34(19,20)31(13,14)27(39)29(8,9)10/h21-24H,1-20H3. The molecule has 0 aliphatic carbocycles. The summed E-state index contributed by atoms with van der Waals surface area (Å²) in [5, 5.41) is 0. The molecule has 0 aliphatic rings. The number of nitrogens with zero attached hydrogens (tertiary/aromatic N) is 1. The van der Waals surface area contributed by atoms with E-state index in [2.05, 4.69) is 89.8 Å². The zero-order valence-electron chi connectivity index (χ0n) is 29.4. The average molecular weight is 662 g/mol. The van der Waals surface area contributed by atoms with Crippen LogP contribution in [0.25, 0.3) is 0 Å². The summed E-state index contributed by atoms with van der Waals surface area (Å²) in [6, 6.07) is -0.528. The quantitative estimate of drug-likeness (QED) is 0.155. The van der Waals surface area contributed by atoms with Crippen LogP contribution < -0.4 is 0 Å². The van der Waals surface area contributed by atoms with Gasteiger partial charge in [0.15, 0.2) is 11.6 Å². The van der Waals surface area contributed by atoms with Crippen LogP contribution in [0, 0.1) is 39.4 Å². The van der Waals surface area contributed by atoms with Crippen LogP contribution in [-0.4, -0.2) is 42.8 Å². The van der Waals surface area contributed by atoms with Crippen molar-refractivity contribution in [1.82, 2.24) is 4.90 Å². The molecular weight excluding hydrogens is 597 g/mol. The summed E-state index contributed by atoms with van der Waals surface area (Å²) in [6.45, 7) is 41.3. The SMILES string of the molecule is CC(C)C(C)C(C)(C)C(C(=O)C(C)(C)C)N(C(C)(C)C(C)C(=O)C(C)(C)I)C(C)(C)C(C)(C)C(=O)C(C)(C)C. The lowest BCUT2D eigenvalue weighted by Crippen LogP contribution is -2.74. The Kier molecular flexibility index (Phi) is 11.7. The van der Waals surface area contributed by atoms with E-state index in [0.29, 0.717) is 5.92 Å². The first kappa shape index (κ1) is 38.7. The van der Waals surface area contributed by atoms with Gasteiger partial charge in [-0.15, -0.1) is 0 Å². The van der Waals surface area contributed by atoms with Gasteiger partial charge < -0.3 is 0 Å². The van der Waals surface area contributed by atoms with Crippen LogP contribution in [-0.2, 0) is 14.4 Å². The Morgan fingerprint density at radius 1 is 0.615 bits per heavy atom. The summed E-state index contributed by atoms with van der Waals surface area (Å²) in [5.74, 6) is 0.602. The molecule has 0 bridgehead atoms. The third-order valence-corrected chi connectivity index (χ3v) is 10.7. The van der Waals surface area contributed by atoms with Crippen molar-refractivity contribution < 1.29 is 14.4 Å². The van der Waals surface area contributed by atoms with Gasteiger partial charge in [-0.3, -0.25) is 19.3 Å². The molecule has 0 saturated heterocycles. The summed E-state index contributed by atoms with van der Waals surface area (Å²) in [4.78, 5) is 45.1. The Labute approximate surface area is 256 Å². The van der Waals surface area contributed by atoms with Crippen molar-refractivity contribution in [3.63, 3.8) is 0 Å². The zero-order valence-corrected chi connectivity index (χ0v) is 31.5. The number of carbonyl (C=O) groups is 3. The Balaban J connectivity index is 8.03. The number of halogens is 1. The lowest BCUT2D eigenvalue weighted by molar-refractivity contribution is -0.176. The summed E-state index contributed by atoms with van der Waals surface area (Å²) in [6.07, 6.45) is 0. The molecule has 4 nitrogen and oxygen atoms in total. The van der Waals surface area contributed by atoms with Crippen molar-refractivity contribution in [2.45, 2.75) is 159 Å². The predicted molar refractivity (Wildman–Crippen MR) is 177 cm³/mol. The molecule has 5 heteroatoms. The molecule has 3 unspecified atom stereocenters. The Hall–Kier alpha value is -0.300. The molecule has 0 aliphatic heterocycles. The molecule has 230 valence electrons. The van der Waals surface area contributed by atoms with Gasteiger partial charge in [0.05, 0.1) is 9.46 Å². The van der Waals surface area contributed by atoms with Crippen molar-refractivity contribution in [1.29, 1.82) is 0 Å². The molecule has 0 spiro atoms. The molecule has 0 N–H and O–H groups in total. The minimum atomic E-state index is -0.821. The average Bonchev–Trinajstić information content (AvgIpc) is 2.71. The molecule has 0 heterocycles. The largest absolute Gasteiger partial charge is 0.298 e. The van der Waals surface area contributed by atoms with Crippen molar-refractivity contribution in [2.24, 2.45) is 39.4 Å². The van der Waals surface area contributed by atoms with Gasteiger partial charge in [0.2, 0.25) is 0 Å². The van der Waals surface area contributed by atoms with Crippen molar-refractivity contribution in [3.05, 3.63) is 0 Å². The summed E-state index contributed by atoms with van der Waals surface area (Å²) < 4.78 is -0.564. The normalized spacial score (nSPS) is 17.3. The van der Waals surface area contributed by atoms with Gasteiger partial charge in [0.25, 0.3) is 0 Å². The van der Waals surface area contributed by atoms with Gasteiger partial charge in [-0.1, -0.05) is 120 Å². The van der Waals surface area contributed by atoms with Crippen molar-refractivity contribution >= 4 is 39.9 Å². The first-order valence-electron chi connectivity index (χ1n) is 14.8. The molecule has 0 amide bonds. The fraction of sp³-hybridized carbons (Fsp3) is 0.912. The van der Waals surface area contributed by atoms with Gasteiger partial charge in [-0.25, -0.2) is 0 Å². The highest BCUT2D eigenvalue weighted by molar-refractivity contribution is 14.1. The number of alkyl halides is 1. The maximum atomic E-state index is 14.7. The second-order valence-electron chi connectivity index (χ2n) is 17.2. The maximum absolute atomic E-state index is 14.7. The highest BCUT2D eigenvalue weighted by Crippen LogP contribution is 2.52. The molecule has 0 radical (unpaired) electrons. The summed E-state index contributed by atoms with van der Waals surface area (Å²) in [5.41, 5.74) is -3.96.